The van der Waals surface area contributed by atoms with Crippen molar-refractivity contribution in [1.29, 1.82) is 0 Å². The summed E-state index contributed by atoms with van der Waals surface area (Å²) in [6.07, 6.45) is 0. The molecular formula is C8H11N2O2S. The van der Waals surface area contributed by atoms with Gasteiger partial charge in [-0.1, -0.05) is 0 Å². The lowest BCUT2D eigenvalue weighted by atomic mass is 10.3. The molecule has 13 heavy (non-hydrogen) atoms. The Morgan fingerprint density at radius 3 is 1.92 bits per heavy atom. The van der Waals surface area contributed by atoms with Crippen molar-refractivity contribution >= 4 is 15.7 Å². The van der Waals surface area contributed by atoms with Gasteiger partial charge >= 0.3 is 0 Å². The van der Waals surface area contributed by atoms with Crippen LogP contribution < -0.4 is 10.0 Å². The number of nitrogens with zero attached hydrogens (tertiary/aromatic N) is 1. The quantitative estimate of drug-likeness (QED) is 0.705. The molecule has 4 nitrogen and oxygen atoms in total. The molecule has 0 fully saturated rings. The van der Waals surface area contributed by atoms with Gasteiger partial charge in [0.15, 0.2) is 0 Å². The highest BCUT2D eigenvalue weighted by Gasteiger charge is 2.07. The maximum atomic E-state index is 10.8. The standard InChI is InChI=1S/C8H11N2O2S/c1-10(2)7-3-5-8(6-4-7)13(9,11)12/h3-6,9H,1-2H3. The number of hydrogen-bond donors (Lipinski definition) is 0. The largest absolute Gasteiger partial charge is 0.378 e. The van der Waals surface area contributed by atoms with E-state index in [0.717, 1.165) is 5.69 Å². The first-order valence-electron chi connectivity index (χ1n) is 3.68. The lowest BCUT2D eigenvalue weighted by Crippen LogP contribution is -2.09. The summed E-state index contributed by atoms with van der Waals surface area (Å²) in [7, 11) is -0.0832. The minimum absolute atomic E-state index is 0.0260. The minimum Gasteiger partial charge on any atom is -0.378 e. The van der Waals surface area contributed by atoms with Gasteiger partial charge in [-0.05, 0) is 24.3 Å². The zero-order chi connectivity index (χ0) is 10.1. The molecule has 0 saturated carbocycles. The number of rotatable bonds is 2. The van der Waals surface area contributed by atoms with Crippen LogP contribution in [0.2, 0.25) is 0 Å². The smallest absolute Gasteiger partial charge is 0.254 e. The topological polar surface area (TPSA) is 61.2 Å². The molecule has 0 aliphatic heterocycles. The zero-order valence-corrected chi connectivity index (χ0v) is 8.30. The fourth-order valence-corrected chi connectivity index (χ4v) is 1.42. The van der Waals surface area contributed by atoms with Crippen LogP contribution in [0.4, 0.5) is 5.69 Å². The molecular weight excluding hydrogens is 188 g/mol. The molecule has 1 N–H and O–H groups in total. The summed E-state index contributed by atoms with van der Waals surface area (Å²) in [5, 5.41) is 6.81. The average molecular weight is 199 g/mol. The number of nitrogens with one attached hydrogen (secondary N) is 1. The van der Waals surface area contributed by atoms with Crippen LogP contribution in [-0.4, -0.2) is 22.5 Å². The van der Waals surface area contributed by atoms with Crippen LogP contribution in [-0.2, 0) is 10.0 Å². The van der Waals surface area contributed by atoms with Gasteiger partial charge in [0, 0.05) is 19.8 Å². The number of anilines is 1. The first-order chi connectivity index (χ1) is 5.91. The Hall–Kier alpha value is -1.07. The second kappa shape index (κ2) is 3.35. The zero-order valence-electron chi connectivity index (χ0n) is 7.48. The second-order valence-corrected chi connectivity index (χ2v) is 4.37. The molecule has 0 spiro atoms. The lowest BCUT2D eigenvalue weighted by molar-refractivity contribution is 0.596. The van der Waals surface area contributed by atoms with E-state index >= 15 is 0 Å². The van der Waals surface area contributed by atoms with Gasteiger partial charge in [0.2, 0.25) is 0 Å². The fraction of sp³-hybridized carbons (Fsp3) is 0.250. The van der Waals surface area contributed by atoms with Gasteiger partial charge in [0.25, 0.3) is 10.0 Å². The number of benzene rings is 1. The Morgan fingerprint density at radius 2 is 1.62 bits per heavy atom. The van der Waals surface area contributed by atoms with E-state index < -0.39 is 10.0 Å². The Morgan fingerprint density at radius 1 is 1.15 bits per heavy atom. The first kappa shape index (κ1) is 10.0. The monoisotopic (exact) mass is 199 g/mol. The van der Waals surface area contributed by atoms with Crippen molar-refractivity contribution in [2.24, 2.45) is 0 Å². The molecule has 0 amide bonds. The SMILES string of the molecule is CN(C)c1ccc(S([NH])(=O)=O)cc1. The summed E-state index contributed by atoms with van der Waals surface area (Å²) < 4.78 is 21.5. The summed E-state index contributed by atoms with van der Waals surface area (Å²) in [6.45, 7) is 0. The normalized spacial score (nSPS) is 11.3. The molecule has 0 aliphatic rings. The van der Waals surface area contributed by atoms with Gasteiger partial charge < -0.3 is 4.90 Å². The van der Waals surface area contributed by atoms with Crippen LogP contribution in [0.3, 0.4) is 0 Å². The fourth-order valence-electron chi connectivity index (χ4n) is 0.923. The van der Waals surface area contributed by atoms with Crippen molar-refractivity contribution in [3.63, 3.8) is 0 Å². The maximum Gasteiger partial charge on any atom is 0.254 e. The molecule has 0 bridgehead atoms. The van der Waals surface area contributed by atoms with Crippen LogP contribution in [0.5, 0.6) is 0 Å². The van der Waals surface area contributed by atoms with Crippen molar-refractivity contribution < 1.29 is 8.42 Å². The molecule has 0 aromatic heterocycles. The molecule has 1 aromatic rings. The Balaban J connectivity index is 3.08. The third kappa shape index (κ3) is 2.43. The summed E-state index contributed by atoms with van der Waals surface area (Å²) in [5.41, 5.74) is 0.910. The predicted molar refractivity (Wildman–Crippen MR) is 51.1 cm³/mol. The van der Waals surface area contributed by atoms with Crippen LogP contribution in [0.15, 0.2) is 29.2 Å². The Bertz CT molecular complexity index is 381. The Labute approximate surface area is 78.0 Å². The van der Waals surface area contributed by atoms with Crippen LogP contribution in [0, 0.1) is 0 Å². The second-order valence-electron chi connectivity index (χ2n) is 2.89. The number of sulfonamides is 1. The van der Waals surface area contributed by atoms with E-state index in [-0.39, 0.29) is 4.90 Å². The first-order valence-corrected chi connectivity index (χ1v) is 5.16. The van der Waals surface area contributed by atoms with Gasteiger partial charge in [-0.15, -0.1) is 5.14 Å². The van der Waals surface area contributed by atoms with E-state index in [1.807, 2.05) is 19.0 Å². The summed E-state index contributed by atoms with van der Waals surface area (Å²) >= 11 is 0. The highest BCUT2D eigenvalue weighted by atomic mass is 32.2. The minimum atomic E-state index is -3.81. The molecule has 0 saturated heterocycles. The predicted octanol–water partition coefficient (Wildman–Crippen LogP) is 0.724. The third-order valence-corrected chi connectivity index (χ3v) is 2.56. The Kier molecular flexibility index (Phi) is 2.58. The molecule has 1 radical (unpaired) electrons. The molecule has 71 valence electrons. The summed E-state index contributed by atoms with van der Waals surface area (Å²) in [6, 6.07) is 6.19. The average Bonchev–Trinajstić information content (AvgIpc) is 2.03. The molecule has 0 unspecified atom stereocenters. The molecule has 0 aliphatic carbocycles. The van der Waals surface area contributed by atoms with Crippen molar-refractivity contribution in [3.05, 3.63) is 24.3 Å². The van der Waals surface area contributed by atoms with Crippen LogP contribution >= 0.6 is 0 Å². The van der Waals surface area contributed by atoms with E-state index in [2.05, 4.69) is 0 Å². The van der Waals surface area contributed by atoms with Gasteiger partial charge in [-0.25, -0.2) is 8.42 Å². The molecule has 0 atom stereocenters. The van der Waals surface area contributed by atoms with Crippen molar-refractivity contribution in [2.75, 3.05) is 19.0 Å². The van der Waals surface area contributed by atoms with Gasteiger partial charge in [-0.2, -0.15) is 0 Å². The van der Waals surface area contributed by atoms with E-state index in [0.29, 0.717) is 0 Å². The lowest BCUT2D eigenvalue weighted by Gasteiger charge is -2.11. The van der Waals surface area contributed by atoms with Gasteiger partial charge in [0.05, 0.1) is 4.90 Å². The van der Waals surface area contributed by atoms with E-state index in [1.54, 1.807) is 12.1 Å². The van der Waals surface area contributed by atoms with Crippen LogP contribution in [0.25, 0.3) is 0 Å². The maximum absolute atomic E-state index is 10.8. The number of hydrogen-bond acceptors (Lipinski definition) is 3. The van der Waals surface area contributed by atoms with Crippen molar-refractivity contribution in [1.82, 2.24) is 5.14 Å². The van der Waals surface area contributed by atoms with E-state index in [9.17, 15) is 8.42 Å². The van der Waals surface area contributed by atoms with Crippen LogP contribution in [0.1, 0.15) is 0 Å². The van der Waals surface area contributed by atoms with Crippen molar-refractivity contribution in [3.8, 4) is 0 Å². The summed E-state index contributed by atoms with van der Waals surface area (Å²) in [5.74, 6) is 0. The molecule has 0 heterocycles. The molecule has 1 aromatic carbocycles. The summed E-state index contributed by atoms with van der Waals surface area (Å²) in [4.78, 5) is 1.89. The van der Waals surface area contributed by atoms with Gasteiger partial charge in [0.1, 0.15) is 0 Å². The molecule has 5 heteroatoms. The van der Waals surface area contributed by atoms with E-state index in [4.69, 9.17) is 5.14 Å². The van der Waals surface area contributed by atoms with Crippen molar-refractivity contribution in [2.45, 2.75) is 4.90 Å². The highest BCUT2D eigenvalue weighted by Crippen LogP contribution is 2.14. The highest BCUT2D eigenvalue weighted by molar-refractivity contribution is 7.88. The van der Waals surface area contributed by atoms with Gasteiger partial charge in [-0.3, -0.25) is 0 Å². The molecule has 1 rings (SSSR count). The third-order valence-electron chi connectivity index (χ3n) is 1.66. The van der Waals surface area contributed by atoms with E-state index in [1.165, 1.54) is 12.1 Å².